The summed E-state index contributed by atoms with van der Waals surface area (Å²) in [6, 6.07) is 3.24. The summed E-state index contributed by atoms with van der Waals surface area (Å²) in [6.07, 6.45) is -0.752. The number of rotatable bonds is 2. The molecule has 2 unspecified atom stereocenters. The molecule has 82 valence electrons. The molecule has 1 aromatic rings. The lowest BCUT2D eigenvalue weighted by Crippen LogP contribution is -2.24. The van der Waals surface area contributed by atoms with Crippen LogP contribution in [0.2, 0.25) is 0 Å². The smallest absolute Gasteiger partial charge is 0.231 e. The summed E-state index contributed by atoms with van der Waals surface area (Å²) in [5.41, 5.74) is 6.31. The van der Waals surface area contributed by atoms with Gasteiger partial charge in [0.05, 0.1) is 6.10 Å². The standard InChI is InChI=1S/C10H12BrNO3/c1-5(12)9(13)7-2-6(11)3-8-10(7)15-4-14-8/h2-3,5,9,13H,4,12H2,1H3. The van der Waals surface area contributed by atoms with Crippen molar-refractivity contribution in [1.82, 2.24) is 0 Å². The third-order valence-corrected chi connectivity index (χ3v) is 2.74. The van der Waals surface area contributed by atoms with Crippen LogP contribution in [0.4, 0.5) is 0 Å². The zero-order valence-corrected chi connectivity index (χ0v) is 9.82. The number of aliphatic hydroxyl groups is 1. The van der Waals surface area contributed by atoms with E-state index in [4.69, 9.17) is 15.2 Å². The Morgan fingerprint density at radius 2 is 2.20 bits per heavy atom. The van der Waals surface area contributed by atoms with Gasteiger partial charge in [-0.05, 0) is 19.1 Å². The minimum Gasteiger partial charge on any atom is -0.454 e. The summed E-state index contributed by atoms with van der Waals surface area (Å²) in [5, 5.41) is 9.91. The van der Waals surface area contributed by atoms with Crippen molar-refractivity contribution in [2.45, 2.75) is 19.1 Å². The van der Waals surface area contributed by atoms with Gasteiger partial charge in [-0.25, -0.2) is 0 Å². The Balaban J connectivity index is 2.47. The highest BCUT2D eigenvalue weighted by molar-refractivity contribution is 9.10. The fourth-order valence-corrected chi connectivity index (χ4v) is 1.96. The fourth-order valence-electron chi connectivity index (χ4n) is 1.51. The van der Waals surface area contributed by atoms with Crippen LogP contribution in [0.5, 0.6) is 11.5 Å². The van der Waals surface area contributed by atoms with Crippen LogP contribution in [0, 0.1) is 0 Å². The van der Waals surface area contributed by atoms with E-state index in [9.17, 15) is 5.11 Å². The third kappa shape index (κ3) is 1.95. The van der Waals surface area contributed by atoms with Crippen molar-refractivity contribution < 1.29 is 14.6 Å². The van der Waals surface area contributed by atoms with Gasteiger partial charge in [0, 0.05) is 16.1 Å². The summed E-state index contributed by atoms with van der Waals surface area (Å²) in [6.45, 7) is 1.93. The van der Waals surface area contributed by atoms with Crippen molar-refractivity contribution in [3.05, 3.63) is 22.2 Å². The number of nitrogens with two attached hydrogens (primary N) is 1. The van der Waals surface area contributed by atoms with E-state index in [1.165, 1.54) is 0 Å². The number of benzene rings is 1. The lowest BCUT2D eigenvalue weighted by Gasteiger charge is -2.16. The van der Waals surface area contributed by atoms with Crippen LogP contribution in [-0.2, 0) is 0 Å². The van der Waals surface area contributed by atoms with Crippen molar-refractivity contribution in [3.8, 4) is 11.5 Å². The van der Waals surface area contributed by atoms with Crippen LogP contribution < -0.4 is 15.2 Å². The van der Waals surface area contributed by atoms with Crippen LogP contribution in [0.1, 0.15) is 18.6 Å². The van der Waals surface area contributed by atoms with E-state index >= 15 is 0 Å². The van der Waals surface area contributed by atoms with Crippen molar-refractivity contribution in [3.63, 3.8) is 0 Å². The summed E-state index contributed by atoms with van der Waals surface area (Å²) in [4.78, 5) is 0. The number of hydrogen-bond acceptors (Lipinski definition) is 4. The first-order valence-electron chi connectivity index (χ1n) is 4.62. The molecule has 3 N–H and O–H groups in total. The van der Waals surface area contributed by atoms with E-state index in [2.05, 4.69) is 15.9 Å². The molecule has 2 rings (SSSR count). The molecule has 0 amide bonds. The van der Waals surface area contributed by atoms with Gasteiger partial charge in [-0.2, -0.15) is 0 Å². The molecule has 0 saturated heterocycles. The molecule has 0 bridgehead atoms. The Bertz CT molecular complexity index is 381. The quantitative estimate of drug-likeness (QED) is 0.859. The Morgan fingerprint density at radius 1 is 1.47 bits per heavy atom. The van der Waals surface area contributed by atoms with Crippen molar-refractivity contribution >= 4 is 15.9 Å². The van der Waals surface area contributed by atoms with Crippen molar-refractivity contribution in [2.75, 3.05) is 6.79 Å². The Morgan fingerprint density at radius 3 is 2.87 bits per heavy atom. The van der Waals surface area contributed by atoms with Crippen LogP contribution >= 0.6 is 15.9 Å². The minimum atomic E-state index is -0.752. The largest absolute Gasteiger partial charge is 0.454 e. The van der Waals surface area contributed by atoms with Crippen LogP contribution in [-0.4, -0.2) is 17.9 Å². The number of halogens is 1. The van der Waals surface area contributed by atoms with Gasteiger partial charge < -0.3 is 20.3 Å². The van der Waals surface area contributed by atoms with Crippen molar-refractivity contribution in [1.29, 1.82) is 0 Å². The molecule has 0 radical (unpaired) electrons. The average Bonchev–Trinajstić information content (AvgIpc) is 2.62. The predicted octanol–water partition coefficient (Wildman–Crippen LogP) is 1.56. The molecule has 4 nitrogen and oxygen atoms in total. The molecule has 1 aromatic carbocycles. The molecule has 5 heteroatoms. The summed E-state index contributed by atoms with van der Waals surface area (Å²) < 4.78 is 11.4. The average molecular weight is 274 g/mol. The SMILES string of the molecule is CC(N)C(O)c1cc(Br)cc2c1OCO2. The molecule has 1 heterocycles. The maximum atomic E-state index is 9.91. The molecule has 15 heavy (non-hydrogen) atoms. The lowest BCUT2D eigenvalue weighted by molar-refractivity contribution is 0.142. The molecule has 0 saturated carbocycles. The molecule has 0 aliphatic carbocycles. The molecular weight excluding hydrogens is 262 g/mol. The van der Waals surface area contributed by atoms with E-state index in [0.717, 1.165) is 4.47 Å². The van der Waals surface area contributed by atoms with Gasteiger partial charge in [0.25, 0.3) is 0 Å². The zero-order valence-electron chi connectivity index (χ0n) is 8.24. The van der Waals surface area contributed by atoms with Crippen molar-refractivity contribution in [2.24, 2.45) is 5.73 Å². The number of hydrogen-bond donors (Lipinski definition) is 2. The normalized spacial score (nSPS) is 17.6. The second-order valence-corrected chi connectivity index (χ2v) is 4.45. The van der Waals surface area contributed by atoms with Gasteiger partial charge in [-0.3, -0.25) is 0 Å². The van der Waals surface area contributed by atoms with Gasteiger partial charge in [-0.15, -0.1) is 0 Å². The lowest BCUT2D eigenvalue weighted by atomic mass is 10.0. The monoisotopic (exact) mass is 273 g/mol. The molecular formula is C10H12BrNO3. The summed E-state index contributed by atoms with van der Waals surface area (Å²) in [5.74, 6) is 1.22. The first-order valence-corrected chi connectivity index (χ1v) is 5.41. The predicted molar refractivity (Wildman–Crippen MR) is 58.9 cm³/mol. The molecule has 2 atom stereocenters. The molecule has 1 aliphatic rings. The first kappa shape index (κ1) is 10.7. The van der Waals surface area contributed by atoms with Crippen LogP contribution in [0.25, 0.3) is 0 Å². The van der Waals surface area contributed by atoms with E-state index in [0.29, 0.717) is 17.1 Å². The maximum absolute atomic E-state index is 9.91. The highest BCUT2D eigenvalue weighted by Gasteiger charge is 2.25. The molecule has 0 fully saturated rings. The van der Waals surface area contributed by atoms with Gasteiger partial charge in [0.15, 0.2) is 11.5 Å². The topological polar surface area (TPSA) is 64.7 Å². The Hall–Kier alpha value is -0.780. The summed E-state index contributed by atoms with van der Waals surface area (Å²) >= 11 is 3.35. The van der Waals surface area contributed by atoms with E-state index in [-0.39, 0.29) is 12.8 Å². The van der Waals surface area contributed by atoms with Gasteiger partial charge in [-0.1, -0.05) is 15.9 Å². The third-order valence-electron chi connectivity index (χ3n) is 2.28. The first-order chi connectivity index (χ1) is 7.09. The maximum Gasteiger partial charge on any atom is 0.231 e. The highest BCUT2D eigenvalue weighted by atomic mass is 79.9. The summed E-state index contributed by atoms with van der Waals surface area (Å²) in [7, 11) is 0. The van der Waals surface area contributed by atoms with Gasteiger partial charge in [0.2, 0.25) is 6.79 Å². The zero-order chi connectivity index (χ0) is 11.0. The Labute approximate surface area is 96.1 Å². The number of ether oxygens (including phenoxy) is 2. The fraction of sp³-hybridized carbons (Fsp3) is 0.400. The highest BCUT2D eigenvalue weighted by Crippen LogP contribution is 2.41. The molecule has 1 aliphatic heterocycles. The van der Waals surface area contributed by atoms with Crippen LogP contribution in [0.15, 0.2) is 16.6 Å². The van der Waals surface area contributed by atoms with Gasteiger partial charge in [0.1, 0.15) is 0 Å². The molecule has 0 spiro atoms. The molecule has 0 aromatic heterocycles. The van der Waals surface area contributed by atoms with Crippen LogP contribution in [0.3, 0.4) is 0 Å². The second kappa shape index (κ2) is 4.00. The van der Waals surface area contributed by atoms with E-state index in [1.807, 2.05) is 0 Å². The number of aliphatic hydroxyl groups excluding tert-OH is 1. The minimum absolute atomic E-state index is 0.185. The van der Waals surface area contributed by atoms with E-state index in [1.54, 1.807) is 19.1 Å². The Kier molecular flexibility index (Phi) is 2.86. The second-order valence-electron chi connectivity index (χ2n) is 3.53. The number of fused-ring (bicyclic) bond motifs is 1. The van der Waals surface area contributed by atoms with Gasteiger partial charge >= 0.3 is 0 Å². The van der Waals surface area contributed by atoms with E-state index < -0.39 is 6.10 Å².